The number of nitrogens with zero attached hydrogens (tertiary/aromatic N) is 5. The van der Waals surface area contributed by atoms with Crippen LogP contribution in [-0.2, 0) is 6.18 Å². The second kappa shape index (κ2) is 4.23. The molecule has 0 aliphatic rings. The first kappa shape index (κ1) is 12.5. The van der Waals surface area contributed by atoms with E-state index in [1.165, 1.54) is 6.20 Å². The molecule has 19 heavy (non-hydrogen) atoms. The Morgan fingerprint density at radius 3 is 2.68 bits per heavy atom. The highest BCUT2D eigenvalue weighted by Gasteiger charge is 2.36. The summed E-state index contributed by atoms with van der Waals surface area (Å²) in [6.45, 7) is 0. The van der Waals surface area contributed by atoms with E-state index in [-0.39, 0.29) is 10.8 Å². The molecule has 0 aliphatic carbocycles. The molecule has 0 atom stereocenters. The minimum atomic E-state index is -4.49. The van der Waals surface area contributed by atoms with Crippen molar-refractivity contribution >= 4 is 32.2 Å². The summed E-state index contributed by atoms with van der Waals surface area (Å²) >= 11 is 3.68. The summed E-state index contributed by atoms with van der Waals surface area (Å²) in [5.41, 5.74) is 0.529. The molecule has 0 fully saturated rings. The van der Waals surface area contributed by atoms with Crippen LogP contribution in [0.15, 0.2) is 22.9 Å². The zero-order chi connectivity index (χ0) is 13.6. The van der Waals surface area contributed by atoms with E-state index in [1.54, 1.807) is 12.3 Å². The van der Waals surface area contributed by atoms with Gasteiger partial charge in [0.15, 0.2) is 5.82 Å². The number of alkyl halides is 3. The summed E-state index contributed by atoms with van der Waals surface area (Å²) in [5.74, 6) is 0.218. The lowest BCUT2D eigenvalue weighted by molar-refractivity contribution is -0.138. The highest BCUT2D eigenvalue weighted by molar-refractivity contribution is 9.10. The first-order chi connectivity index (χ1) is 8.95. The van der Waals surface area contributed by atoms with Crippen molar-refractivity contribution in [3.05, 3.63) is 27.9 Å². The van der Waals surface area contributed by atoms with Crippen LogP contribution in [0, 0.1) is 0 Å². The highest BCUT2D eigenvalue weighted by Crippen LogP contribution is 2.33. The van der Waals surface area contributed by atoms with Crippen LogP contribution in [0.1, 0.15) is 5.01 Å². The van der Waals surface area contributed by atoms with Gasteiger partial charge in [-0.25, -0.2) is 0 Å². The minimum absolute atomic E-state index is 0.0855. The molecule has 0 unspecified atom stereocenters. The molecule has 3 rings (SSSR count). The zero-order valence-electron chi connectivity index (χ0n) is 8.89. The predicted octanol–water partition coefficient (Wildman–Crippen LogP) is 3.03. The Bertz CT molecular complexity index is 750. The van der Waals surface area contributed by atoms with Gasteiger partial charge in [-0.15, -0.1) is 15.3 Å². The molecule has 0 radical (unpaired) electrons. The van der Waals surface area contributed by atoms with Crippen LogP contribution >= 0.6 is 27.3 Å². The lowest BCUT2D eigenvalue weighted by Gasteiger charge is -1.99. The maximum Gasteiger partial charge on any atom is 0.445 e. The van der Waals surface area contributed by atoms with Crippen LogP contribution in [-0.4, -0.2) is 24.8 Å². The lowest BCUT2D eigenvalue weighted by Crippen LogP contribution is -2.05. The van der Waals surface area contributed by atoms with Crippen LogP contribution in [0.3, 0.4) is 0 Å². The van der Waals surface area contributed by atoms with E-state index in [1.807, 2.05) is 0 Å². The first-order valence-corrected chi connectivity index (χ1v) is 6.46. The molecular weight excluding hydrogens is 347 g/mol. The quantitative estimate of drug-likeness (QED) is 0.677. The summed E-state index contributed by atoms with van der Waals surface area (Å²) in [5, 5.41) is 10.0. The second-order valence-corrected chi connectivity index (χ2v) is 5.39. The van der Waals surface area contributed by atoms with Gasteiger partial charge in [0.25, 0.3) is 0 Å². The smallest absolute Gasteiger partial charge is 0.263 e. The largest absolute Gasteiger partial charge is 0.445 e. The summed E-state index contributed by atoms with van der Waals surface area (Å²) in [6.07, 6.45) is -1.45. The Morgan fingerprint density at radius 2 is 2.00 bits per heavy atom. The Kier molecular flexibility index (Phi) is 2.78. The molecule has 10 heteroatoms. The van der Waals surface area contributed by atoms with Gasteiger partial charge in [0.2, 0.25) is 9.97 Å². The van der Waals surface area contributed by atoms with Gasteiger partial charge in [0.1, 0.15) is 0 Å². The molecule has 3 aromatic heterocycles. The molecule has 3 heterocycles. The number of hydrogen-bond acceptors (Lipinski definition) is 5. The van der Waals surface area contributed by atoms with Gasteiger partial charge in [-0.1, -0.05) is 11.3 Å². The molecule has 5 nitrogen and oxygen atoms in total. The van der Waals surface area contributed by atoms with Crippen LogP contribution in [0.2, 0.25) is 0 Å². The van der Waals surface area contributed by atoms with Crippen molar-refractivity contribution in [2.75, 3.05) is 0 Å². The van der Waals surface area contributed by atoms with Gasteiger partial charge in [0.05, 0.1) is 0 Å². The van der Waals surface area contributed by atoms with Crippen LogP contribution in [0.25, 0.3) is 16.3 Å². The zero-order valence-corrected chi connectivity index (χ0v) is 11.3. The molecule has 0 amide bonds. The third-order valence-corrected chi connectivity index (χ3v) is 3.57. The third kappa shape index (κ3) is 2.21. The number of hydrogen-bond donors (Lipinski definition) is 0. The summed E-state index contributed by atoms with van der Waals surface area (Å²) in [7, 11) is 0. The van der Waals surface area contributed by atoms with E-state index in [2.05, 4.69) is 36.2 Å². The Balaban J connectivity index is 2.17. The lowest BCUT2D eigenvalue weighted by atomic mass is 10.3. The molecule has 0 aromatic carbocycles. The fourth-order valence-corrected chi connectivity index (χ4v) is 2.52. The number of pyridine rings is 1. The average molecular weight is 350 g/mol. The maximum atomic E-state index is 12.6. The third-order valence-electron chi connectivity index (χ3n) is 2.20. The van der Waals surface area contributed by atoms with Crippen molar-refractivity contribution in [2.45, 2.75) is 6.18 Å². The van der Waals surface area contributed by atoms with Crippen molar-refractivity contribution in [1.29, 1.82) is 0 Å². The van der Waals surface area contributed by atoms with E-state index in [0.29, 0.717) is 21.4 Å². The Hall–Kier alpha value is -1.55. The molecule has 0 aliphatic heterocycles. The van der Waals surface area contributed by atoms with Crippen molar-refractivity contribution in [2.24, 2.45) is 0 Å². The van der Waals surface area contributed by atoms with Crippen LogP contribution in [0.5, 0.6) is 0 Å². The normalized spacial score (nSPS) is 12.2. The molecule has 0 saturated heterocycles. The van der Waals surface area contributed by atoms with E-state index in [0.717, 1.165) is 4.52 Å². The van der Waals surface area contributed by atoms with Crippen LogP contribution in [0.4, 0.5) is 13.2 Å². The molecule has 3 aromatic rings. The number of aromatic nitrogens is 5. The molecular formula is C9H3BrF3N5S. The van der Waals surface area contributed by atoms with Crippen molar-refractivity contribution < 1.29 is 13.2 Å². The monoisotopic (exact) mass is 349 g/mol. The topological polar surface area (TPSA) is 56.0 Å². The van der Waals surface area contributed by atoms with E-state index >= 15 is 0 Å². The standard InChI is InChI=1S/C9H3BrF3N5S/c10-5-1-4(2-14-3-5)6-15-16-8-18(6)17-7(19-8)9(11,12)13/h1-3H. The minimum Gasteiger partial charge on any atom is -0.263 e. The van der Waals surface area contributed by atoms with E-state index in [4.69, 9.17) is 0 Å². The number of fused-ring (bicyclic) bond motifs is 1. The van der Waals surface area contributed by atoms with Gasteiger partial charge < -0.3 is 0 Å². The summed E-state index contributed by atoms with van der Waals surface area (Å²) in [4.78, 5) is 4.01. The van der Waals surface area contributed by atoms with E-state index < -0.39 is 11.2 Å². The predicted molar refractivity (Wildman–Crippen MR) is 64.6 cm³/mol. The fraction of sp³-hybridized carbons (Fsp3) is 0.111. The number of rotatable bonds is 1. The van der Waals surface area contributed by atoms with Gasteiger partial charge in [-0.3, -0.25) is 4.98 Å². The average Bonchev–Trinajstić information content (AvgIpc) is 2.86. The van der Waals surface area contributed by atoms with E-state index in [9.17, 15) is 13.2 Å². The maximum absolute atomic E-state index is 12.6. The fourth-order valence-electron chi connectivity index (χ4n) is 1.45. The second-order valence-electron chi connectivity index (χ2n) is 3.51. The molecule has 98 valence electrons. The molecule has 0 saturated carbocycles. The Labute approximate surface area is 116 Å². The summed E-state index contributed by atoms with van der Waals surface area (Å²) in [6, 6.07) is 1.68. The van der Waals surface area contributed by atoms with Crippen molar-refractivity contribution in [3.8, 4) is 11.4 Å². The number of halogens is 4. The first-order valence-electron chi connectivity index (χ1n) is 4.85. The van der Waals surface area contributed by atoms with Gasteiger partial charge in [0, 0.05) is 22.4 Å². The van der Waals surface area contributed by atoms with Gasteiger partial charge in [-0.2, -0.15) is 17.7 Å². The van der Waals surface area contributed by atoms with Crippen LogP contribution < -0.4 is 0 Å². The summed E-state index contributed by atoms with van der Waals surface area (Å²) < 4.78 is 39.5. The highest BCUT2D eigenvalue weighted by atomic mass is 79.9. The van der Waals surface area contributed by atoms with Gasteiger partial charge in [-0.05, 0) is 22.0 Å². The van der Waals surface area contributed by atoms with Crippen molar-refractivity contribution in [3.63, 3.8) is 0 Å². The van der Waals surface area contributed by atoms with Crippen molar-refractivity contribution in [1.82, 2.24) is 24.8 Å². The van der Waals surface area contributed by atoms with Gasteiger partial charge >= 0.3 is 6.18 Å². The molecule has 0 N–H and O–H groups in total. The Morgan fingerprint density at radius 1 is 1.21 bits per heavy atom. The SMILES string of the molecule is FC(F)(F)c1nn2c(-c3cncc(Br)c3)nnc2s1. The molecule has 0 bridgehead atoms. The molecule has 0 spiro atoms.